The van der Waals surface area contributed by atoms with Crippen molar-refractivity contribution in [2.24, 2.45) is 0 Å². The van der Waals surface area contributed by atoms with Gasteiger partial charge in [0.25, 0.3) is 5.91 Å². The van der Waals surface area contributed by atoms with Crippen LogP contribution in [0.3, 0.4) is 0 Å². The van der Waals surface area contributed by atoms with Gasteiger partial charge in [-0.1, -0.05) is 30.3 Å². The van der Waals surface area contributed by atoms with Crippen LogP contribution in [0.25, 0.3) is 0 Å². The largest absolute Gasteiger partial charge is 0.497 e. The molecule has 0 aliphatic carbocycles. The molecule has 7 nitrogen and oxygen atoms in total. The summed E-state index contributed by atoms with van der Waals surface area (Å²) < 4.78 is 10.5. The van der Waals surface area contributed by atoms with Gasteiger partial charge in [-0.05, 0) is 37.6 Å². The van der Waals surface area contributed by atoms with Crippen molar-refractivity contribution in [3.05, 3.63) is 71.5 Å². The second-order valence-electron chi connectivity index (χ2n) is 6.52. The second-order valence-corrected chi connectivity index (χ2v) is 6.52. The molecule has 0 saturated heterocycles. The summed E-state index contributed by atoms with van der Waals surface area (Å²) in [4.78, 5) is 21.6. The third-order valence-corrected chi connectivity index (χ3v) is 4.39. The SMILES string of the molecule is COc1ccc(NC(=O)c2cc(C)nc(NC(C)c3ccccc3)n2)c(OC)c1. The Balaban J connectivity index is 1.79. The Hall–Kier alpha value is -3.61. The standard InChI is InChI=1S/C22H24N4O3/c1-14-12-19(21(27)25-18-11-10-17(28-3)13-20(18)29-4)26-22(23-14)24-15(2)16-8-6-5-7-9-16/h5-13,15H,1-4H3,(H,25,27)(H,23,24,26). The summed E-state index contributed by atoms with van der Waals surface area (Å²) in [5.41, 5.74) is 2.58. The average molecular weight is 392 g/mol. The fourth-order valence-electron chi connectivity index (χ4n) is 2.86. The van der Waals surface area contributed by atoms with Crippen LogP contribution >= 0.6 is 0 Å². The number of aryl methyl sites for hydroxylation is 1. The molecule has 3 aromatic rings. The zero-order valence-electron chi connectivity index (χ0n) is 16.9. The lowest BCUT2D eigenvalue weighted by molar-refractivity contribution is 0.102. The number of nitrogens with zero attached hydrogens (tertiary/aromatic N) is 2. The molecule has 0 bridgehead atoms. The van der Waals surface area contributed by atoms with E-state index < -0.39 is 0 Å². The highest BCUT2D eigenvalue weighted by Crippen LogP contribution is 2.29. The number of rotatable bonds is 7. The third kappa shape index (κ3) is 5.01. The molecule has 1 amide bonds. The number of anilines is 2. The van der Waals surface area contributed by atoms with Crippen molar-refractivity contribution in [2.75, 3.05) is 24.9 Å². The number of methoxy groups -OCH3 is 2. The maximum atomic E-state index is 12.8. The van der Waals surface area contributed by atoms with Gasteiger partial charge in [-0.25, -0.2) is 9.97 Å². The Morgan fingerprint density at radius 2 is 1.76 bits per heavy atom. The molecule has 1 atom stereocenters. The van der Waals surface area contributed by atoms with Crippen LogP contribution in [-0.4, -0.2) is 30.1 Å². The lowest BCUT2D eigenvalue weighted by Gasteiger charge is -2.15. The number of hydrogen-bond acceptors (Lipinski definition) is 6. The zero-order valence-corrected chi connectivity index (χ0v) is 16.9. The summed E-state index contributed by atoms with van der Waals surface area (Å²) in [5.74, 6) is 1.18. The Bertz CT molecular complexity index is 993. The molecule has 2 N–H and O–H groups in total. The van der Waals surface area contributed by atoms with E-state index >= 15 is 0 Å². The smallest absolute Gasteiger partial charge is 0.274 e. The van der Waals surface area contributed by atoms with E-state index in [-0.39, 0.29) is 17.6 Å². The minimum Gasteiger partial charge on any atom is -0.497 e. The molecular formula is C22H24N4O3. The molecule has 0 saturated carbocycles. The second kappa shape index (κ2) is 9.05. The average Bonchev–Trinajstić information content (AvgIpc) is 2.74. The molecule has 1 aromatic heterocycles. The number of carbonyl (C=O) groups excluding carboxylic acids is 1. The molecule has 0 spiro atoms. The quantitative estimate of drug-likeness (QED) is 0.626. The summed E-state index contributed by atoms with van der Waals surface area (Å²) in [6.45, 7) is 3.84. The predicted octanol–water partition coefficient (Wildman–Crippen LogP) is 4.23. The first-order valence-corrected chi connectivity index (χ1v) is 9.20. The van der Waals surface area contributed by atoms with Crippen molar-refractivity contribution in [1.29, 1.82) is 0 Å². The Kier molecular flexibility index (Phi) is 6.29. The minimum absolute atomic E-state index is 0.00408. The minimum atomic E-state index is -0.352. The molecule has 2 aromatic carbocycles. The van der Waals surface area contributed by atoms with Gasteiger partial charge in [-0.15, -0.1) is 0 Å². The maximum absolute atomic E-state index is 12.8. The van der Waals surface area contributed by atoms with Gasteiger partial charge in [0, 0.05) is 11.8 Å². The zero-order chi connectivity index (χ0) is 20.8. The third-order valence-electron chi connectivity index (χ3n) is 4.39. The van der Waals surface area contributed by atoms with Crippen LogP contribution in [0.5, 0.6) is 11.5 Å². The van der Waals surface area contributed by atoms with Crippen molar-refractivity contribution in [3.63, 3.8) is 0 Å². The maximum Gasteiger partial charge on any atom is 0.274 e. The van der Waals surface area contributed by atoms with Crippen LogP contribution in [0.15, 0.2) is 54.6 Å². The van der Waals surface area contributed by atoms with E-state index in [1.807, 2.05) is 44.2 Å². The predicted molar refractivity (Wildman–Crippen MR) is 113 cm³/mol. The highest BCUT2D eigenvalue weighted by molar-refractivity contribution is 6.04. The number of benzene rings is 2. The van der Waals surface area contributed by atoms with E-state index in [1.165, 1.54) is 7.11 Å². The first-order chi connectivity index (χ1) is 14.0. The van der Waals surface area contributed by atoms with Crippen LogP contribution in [0.4, 0.5) is 11.6 Å². The van der Waals surface area contributed by atoms with Crippen molar-refractivity contribution >= 4 is 17.5 Å². The first kappa shape index (κ1) is 20.1. The molecule has 0 radical (unpaired) electrons. The van der Waals surface area contributed by atoms with Crippen molar-refractivity contribution in [2.45, 2.75) is 19.9 Å². The normalized spacial score (nSPS) is 11.4. The van der Waals surface area contributed by atoms with Gasteiger partial charge < -0.3 is 20.1 Å². The number of hydrogen-bond donors (Lipinski definition) is 2. The van der Waals surface area contributed by atoms with Gasteiger partial charge in [0.2, 0.25) is 5.95 Å². The number of aromatic nitrogens is 2. The van der Waals surface area contributed by atoms with E-state index in [9.17, 15) is 4.79 Å². The van der Waals surface area contributed by atoms with Crippen LogP contribution in [0.1, 0.15) is 34.7 Å². The summed E-state index contributed by atoms with van der Waals surface area (Å²) in [6, 6.07) is 16.8. The van der Waals surface area contributed by atoms with E-state index in [1.54, 1.807) is 31.4 Å². The van der Waals surface area contributed by atoms with E-state index in [0.717, 1.165) is 5.56 Å². The number of ether oxygens (including phenoxy) is 2. The molecule has 1 heterocycles. The lowest BCUT2D eigenvalue weighted by atomic mass is 10.1. The molecular weight excluding hydrogens is 368 g/mol. The van der Waals surface area contributed by atoms with Gasteiger partial charge >= 0.3 is 0 Å². The van der Waals surface area contributed by atoms with Crippen LogP contribution in [0.2, 0.25) is 0 Å². The number of nitrogens with one attached hydrogen (secondary N) is 2. The fourth-order valence-corrected chi connectivity index (χ4v) is 2.86. The van der Waals surface area contributed by atoms with Crippen molar-refractivity contribution in [1.82, 2.24) is 9.97 Å². The molecule has 1 unspecified atom stereocenters. The molecule has 0 fully saturated rings. The number of amides is 1. The van der Waals surface area contributed by atoms with Gasteiger partial charge in [0.05, 0.1) is 25.9 Å². The first-order valence-electron chi connectivity index (χ1n) is 9.20. The molecule has 150 valence electrons. The highest BCUT2D eigenvalue weighted by atomic mass is 16.5. The van der Waals surface area contributed by atoms with Crippen molar-refractivity contribution < 1.29 is 14.3 Å². The van der Waals surface area contributed by atoms with Crippen molar-refractivity contribution in [3.8, 4) is 11.5 Å². The Labute approximate surface area is 170 Å². The summed E-state index contributed by atoms with van der Waals surface area (Å²) in [7, 11) is 3.11. The Morgan fingerprint density at radius 1 is 1.00 bits per heavy atom. The summed E-state index contributed by atoms with van der Waals surface area (Å²) in [6.07, 6.45) is 0. The molecule has 0 aliphatic rings. The van der Waals surface area contributed by atoms with Crippen LogP contribution in [0, 0.1) is 6.92 Å². The van der Waals surface area contributed by atoms with Gasteiger partial charge in [-0.3, -0.25) is 4.79 Å². The van der Waals surface area contributed by atoms with Gasteiger partial charge in [-0.2, -0.15) is 0 Å². The van der Waals surface area contributed by atoms with Crippen LogP contribution < -0.4 is 20.1 Å². The lowest BCUT2D eigenvalue weighted by Crippen LogP contribution is -2.17. The molecule has 7 heteroatoms. The molecule has 29 heavy (non-hydrogen) atoms. The topological polar surface area (TPSA) is 85.4 Å². The highest BCUT2D eigenvalue weighted by Gasteiger charge is 2.15. The van der Waals surface area contributed by atoms with Gasteiger partial charge in [0.15, 0.2) is 0 Å². The monoisotopic (exact) mass is 392 g/mol. The van der Waals surface area contributed by atoms with Crippen LogP contribution in [-0.2, 0) is 0 Å². The fraction of sp³-hybridized carbons (Fsp3) is 0.227. The Morgan fingerprint density at radius 3 is 2.45 bits per heavy atom. The van der Waals surface area contributed by atoms with Gasteiger partial charge in [0.1, 0.15) is 17.2 Å². The number of carbonyl (C=O) groups is 1. The summed E-state index contributed by atoms with van der Waals surface area (Å²) in [5, 5.41) is 6.08. The van der Waals surface area contributed by atoms with E-state index in [0.29, 0.717) is 28.8 Å². The summed E-state index contributed by atoms with van der Waals surface area (Å²) >= 11 is 0. The van der Waals surface area contributed by atoms with E-state index in [2.05, 4.69) is 20.6 Å². The molecule has 0 aliphatic heterocycles. The molecule has 3 rings (SSSR count). The van der Waals surface area contributed by atoms with E-state index in [4.69, 9.17) is 9.47 Å².